The van der Waals surface area contributed by atoms with Crippen LogP contribution in [0.1, 0.15) is 0 Å². The zero-order valence-electron chi connectivity index (χ0n) is 11.8. The molecule has 0 bridgehead atoms. The van der Waals surface area contributed by atoms with E-state index in [1.165, 1.54) is 0 Å². The maximum absolute atomic E-state index is 11.4. The minimum absolute atomic E-state index is 0.0870. The molecular weight excluding hydrogens is 296 g/mol. The number of ether oxygens (including phenoxy) is 1. The van der Waals surface area contributed by atoms with Crippen LogP contribution in [0, 0.1) is 0 Å². The van der Waals surface area contributed by atoms with E-state index in [1.54, 1.807) is 0 Å². The summed E-state index contributed by atoms with van der Waals surface area (Å²) in [5.41, 5.74) is 0. The van der Waals surface area contributed by atoms with Crippen LogP contribution in [0.2, 0.25) is 0 Å². The summed E-state index contributed by atoms with van der Waals surface area (Å²) >= 11 is 0. The van der Waals surface area contributed by atoms with Gasteiger partial charge in [-0.1, -0.05) is 3.71 Å². The highest BCUT2D eigenvalue weighted by Crippen LogP contribution is 2.05. The van der Waals surface area contributed by atoms with Gasteiger partial charge in [0.15, 0.2) is 0 Å². The first kappa shape index (κ1) is 18.3. The van der Waals surface area contributed by atoms with Crippen molar-refractivity contribution in [2.75, 3.05) is 53.4 Å². The monoisotopic (exact) mass is 317 g/mol. The Kier molecular flexibility index (Phi) is 5.93. The largest absolute Gasteiger partial charge is 0.459 e. The van der Waals surface area contributed by atoms with E-state index < -0.39 is 32.6 Å². The molecule has 0 aliphatic heterocycles. The second-order valence-corrected chi connectivity index (χ2v) is 9.24. The lowest BCUT2D eigenvalue weighted by Crippen LogP contribution is -2.41. The van der Waals surface area contributed by atoms with Crippen LogP contribution >= 0.6 is 0 Å². The molecule has 0 unspecified atom stereocenters. The molecule has 114 valence electrons. The Labute approximate surface area is 114 Å². The van der Waals surface area contributed by atoms with Crippen molar-refractivity contribution in [1.82, 2.24) is 3.71 Å². The standard InChI is InChI=1S/C9H21N2O6S2/c1-11(2,3)6-7-17-9(12)8-10(18(4,13)14)19(5,15)16/h6-8H2,1-5H3/q+1. The van der Waals surface area contributed by atoms with Crippen LogP contribution in [-0.2, 0) is 29.6 Å². The van der Waals surface area contributed by atoms with Gasteiger partial charge in [0.2, 0.25) is 20.0 Å². The molecule has 0 amide bonds. The third kappa shape index (κ3) is 8.14. The molecule has 0 atom stereocenters. The molecule has 10 heteroatoms. The van der Waals surface area contributed by atoms with Crippen molar-refractivity contribution in [2.24, 2.45) is 0 Å². The summed E-state index contributed by atoms with van der Waals surface area (Å²) in [4.78, 5) is 11.4. The van der Waals surface area contributed by atoms with E-state index in [2.05, 4.69) is 0 Å². The normalized spacial score (nSPS) is 13.6. The fourth-order valence-corrected chi connectivity index (χ4v) is 3.71. The van der Waals surface area contributed by atoms with E-state index in [0.717, 1.165) is 0 Å². The van der Waals surface area contributed by atoms with Gasteiger partial charge in [0.05, 0.1) is 33.7 Å². The molecule has 8 nitrogen and oxygen atoms in total. The highest BCUT2D eigenvalue weighted by molar-refractivity contribution is 8.03. The first-order valence-corrected chi connectivity index (χ1v) is 9.07. The number of carbonyl (C=O) groups is 1. The lowest BCUT2D eigenvalue weighted by Gasteiger charge is -2.23. The van der Waals surface area contributed by atoms with Gasteiger partial charge in [-0.05, 0) is 0 Å². The molecule has 0 aliphatic carbocycles. The average Bonchev–Trinajstić information content (AvgIpc) is 2.08. The van der Waals surface area contributed by atoms with Gasteiger partial charge in [0.1, 0.15) is 19.7 Å². The SMILES string of the molecule is C[N+](C)(C)CCOC(=O)CN(S(C)(=O)=O)S(C)(=O)=O. The molecule has 0 radical (unpaired) electrons. The van der Waals surface area contributed by atoms with Crippen LogP contribution in [0.5, 0.6) is 0 Å². The summed E-state index contributed by atoms with van der Waals surface area (Å²) in [5, 5.41) is 0. The fourth-order valence-electron chi connectivity index (χ4n) is 1.06. The van der Waals surface area contributed by atoms with E-state index in [4.69, 9.17) is 4.74 Å². The minimum Gasteiger partial charge on any atom is -0.459 e. The Bertz CT molecular complexity index is 485. The first-order valence-electron chi connectivity index (χ1n) is 5.37. The van der Waals surface area contributed by atoms with E-state index >= 15 is 0 Å². The highest BCUT2D eigenvalue weighted by atomic mass is 32.3. The minimum atomic E-state index is -4.03. The lowest BCUT2D eigenvalue weighted by molar-refractivity contribution is -0.870. The van der Waals surface area contributed by atoms with Crippen molar-refractivity contribution in [3.8, 4) is 0 Å². The quantitative estimate of drug-likeness (QED) is 0.417. The summed E-state index contributed by atoms with van der Waals surface area (Å²) in [5.74, 6) is -0.899. The number of sulfonamides is 2. The maximum Gasteiger partial charge on any atom is 0.322 e. The molecule has 0 fully saturated rings. The summed E-state index contributed by atoms with van der Waals surface area (Å²) in [6, 6.07) is 0. The zero-order valence-corrected chi connectivity index (χ0v) is 13.4. The smallest absolute Gasteiger partial charge is 0.322 e. The molecule has 0 aromatic carbocycles. The molecule has 0 aromatic rings. The number of rotatable bonds is 7. The molecule has 0 saturated carbocycles. The summed E-state index contributed by atoms with van der Waals surface area (Å²) in [6.45, 7) is -0.220. The van der Waals surface area contributed by atoms with Gasteiger partial charge < -0.3 is 9.22 Å². The Balaban J connectivity index is 4.61. The lowest BCUT2D eigenvalue weighted by atomic mass is 10.5. The second kappa shape index (κ2) is 6.16. The first-order chi connectivity index (χ1) is 8.23. The number of nitrogens with zero attached hydrogens (tertiary/aromatic N) is 2. The van der Waals surface area contributed by atoms with Crippen molar-refractivity contribution in [2.45, 2.75) is 0 Å². The molecule has 0 N–H and O–H groups in total. The molecule has 0 saturated heterocycles. The topological polar surface area (TPSA) is 97.8 Å². The van der Waals surface area contributed by atoms with Crippen LogP contribution in [-0.4, -0.2) is 84.3 Å². The number of hydrogen-bond donors (Lipinski definition) is 0. The molecule has 0 aliphatic rings. The van der Waals surface area contributed by atoms with Crippen LogP contribution < -0.4 is 0 Å². The van der Waals surface area contributed by atoms with Crippen molar-refractivity contribution in [3.05, 3.63) is 0 Å². The van der Waals surface area contributed by atoms with Gasteiger partial charge in [-0.2, -0.15) is 0 Å². The van der Waals surface area contributed by atoms with Crippen LogP contribution in [0.4, 0.5) is 0 Å². The Morgan fingerprint density at radius 3 is 1.79 bits per heavy atom. The second-order valence-electron chi connectivity index (χ2n) is 5.19. The van der Waals surface area contributed by atoms with Crippen molar-refractivity contribution < 1.29 is 30.9 Å². The highest BCUT2D eigenvalue weighted by Gasteiger charge is 2.30. The number of esters is 1. The van der Waals surface area contributed by atoms with Gasteiger partial charge >= 0.3 is 5.97 Å². The predicted molar refractivity (Wildman–Crippen MR) is 70.3 cm³/mol. The number of carbonyl (C=O) groups excluding carboxylic acids is 1. The van der Waals surface area contributed by atoms with E-state index in [9.17, 15) is 21.6 Å². The van der Waals surface area contributed by atoms with E-state index in [1.807, 2.05) is 21.1 Å². The van der Waals surface area contributed by atoms with E-state index in [-0.39, 0.29) is 10.3 Å². The Morgan fingerprint density at radius 2 is 1.47 bits per heavy atom. The maximum atomic E-state index is 11.4. The summed E-state index contributed by atoms with van der Waals surface area (Å²) in [6.07, 6.45) is 1.43. The van der Waals surface area contributed by atoms with Crippen LogP contribution in [0.3, 0.4) is 0 Å². The third-order valence-corrected chi connectivity index (χ3v) is 5.39. The van der Waals surface area contributed by atoms with Gasteiger partial charge in [-0.3, -0.25) is 4.79 Å². The van der Waals surface area contributed by atoms with E-state index in [0.29, 0.717) is 23.5 Å². The molecule has 0 aromatic heterocycles. The van der Waals surface area contributed by atoms with Crippen molar-refractivity contribution >= 4 is 26.0 Å². The van der Waals surface area contributed by atoms with Gasteiger partial charge in [0.25, 0.3) is 0 Å². The predicted octanol–water partition coefficient (Wildman–Crippen LogP) is -1.54. The van der Waals surface area contributed by atoms with Gasteiger partial charge in [0, 0.05) is 0 Å². The fraction of sp³-hybridized carbons (Fsp3) is 0.889. The molecule has 0 rings (SSSR count). The Hall–Kier alpha value is -0.710. The van der Waals surface area contributed by atoms with Crippen molar-refractivity contribution in [1.29, 1.82) is 0 Å². The van der Waals surface area contributed by atoms with Gasteiger partial charge in [-0.25, -0.2) is 16.8 Å². The molecular formula is C9H21N2O6S2+. The molecule has 19 heavy (non-hydrogen) atoms. The molecule has 0 spiro atoms. The average molecular weight is 317 g/mol. The number of likely N-dealkylation sites (N-methyl/N-ethyl adjacent to an activating group) is 1. The van der Waals surface area contributed by atoms with Gasteiger partial charge in [-0.15, -0.1) is 0 Å². The third-order valence-electron chi connectivity index (χ3n) is 2.02. The van der Waals surface area contributed by atoms with Crippen molar-refractivity contribution in [3.63, 3.8) is 0 Å². The van der Waals surface area contributed by atoms with Crippen LogP contribution in [0.15, 0.2) is 0 Å². The number of quaternary nitrogens is 1. The Morgan fingerprint density at radius 1 is 1.05 bits per heavy atom. The number of hydrogen-bond acceptors (Lipinski definition) is 6. The zero-order chi connectivity index (χ0) is 15.5. The molecule has 0 heterocycles. The summed E-state index contributed by atoms with van der Waals surface area (Å²) < 4.78 is 50.6. The van der Waals surface area contributed by atoms with Crippen LogP contribution in [0.25, 0.3) is 0 Å². The summed E-state index contributed by atoms with van der Waals surface area (Å²) in [7, 11) is -2.37.